The van der Waals surface area contributed by atoms with E-state index in [-0.39, 0.29) is 5.78 Å². The van der Waals surface area contributed by atoms with Crippen LogP contribution in [0.3, 0.4) is 0 Å². The lowest BCUT2D eigenvalue weighted by Gasteiger charge is -2.18. The van der Waals surface area contributed by atoms with E-state index in [4.69, 9.17) is 4.74 Å². The van der Waals surface area contributed by atoms with Crippen LogP contribution in [0.15, 0.2) is 60.3 Å². The first-order chi connectivity index (χ1) is 11.7. The summed E-state index contributed by atoms with van der Waals surface area (Å²) in [6, 6.07) is 15.7. The fraction of sp³-hybridized carbons (Fsp3) is 0.143. The van der Waals surface area contributed by atoms with E-state index in [9.17, 15) is 4.79 Å². The van der Waals surface area contributed by atoms with Gasteiger partial charge in [-0.1, -0.05) is 12.1 Å². The number of fused-ring (bicyclic) bond motifs is 2. The number of pyridine rings is 1. The fourth-order valence-electron chi connectivity index (χ4n) is 3.20. The number of allylic oxidation sites excluding steroid dienone is 1. The number of ketones is 1. The predicted octanol–water partition coefficient (Wildman–Crippen LogP) is 4.46. The van der Waals surface area contributed by atoms with Gasteiger partial charge in [0.05, 0.1) is 12.6 Å². The van der Waals surface area contributed by atoms with Crippen molar-refractivity contribution in [2.24, 2.45) is 0 Å². The molecule has 4 rings (SSSR count). The second kappa shape index (κ2) is 5.93. The van der Waals surface area contributed by atoms with Crippen LogP contribution in [-0.4, -0.2) is 17.9 Å². The molecule has 118 valence electrons. The van der Waals surface area contributed by atoms with Gasteiger partial charge < -0.3 is 4.74 Å². The summed E-state index contributed by atoms with van der Waals surface area (Å²) in [5.41, 5.74) is 4.72. The molecule has 24 heavy (non-hydrogen) atoms. The van der Waals surface area contributed by atoms with E-state index in [1.54, 1.807) is 13.3 Å². The lowest BCUT2D eigenvalue weighted by molar-refractivity contribution is 0.102. The molecule has 1 aromatic heterocycles. The van der Waals surface area contributed by atoms with Crippen LogP contribution in [0.1, 0.15) is 27.9 Å². The molecule has 3 aromatic rings. The Labute approximate surface area is 140 Å². The van der Waals surface area contributed by atoms with Crippen molar-refractivity contribution >= 4 is 22.8 Å². The molecular formula is C21H17NO2. The third-order valence-electron chi connectivity index (χ3n) is 4.48. The third kappa shape index (κ3) is 2.58. The van der Waals surface area contributed by atoms with Crippen LogP contribution < -0.4 is 4.74 Å². The average Bonchev–Trinajstić information content (AvgIpc) is 2.63. The van der Waals surface area contributed by atoms with Gasteiger partial charge in [-0.05, 0) is 66.4 Å². The molecule has 3 nitrogen and oxygen atoms in total. The highest BCUT2D eigenvalue weighted by Crippen LogP contribution is 2.29. The molecule has 0 amide bonds. The van der Waals surface area contributed by atoms with E-state index in [1.807, 2.05) is 48.5 Å². The van der Waals surface area contributed by atoms with E-state index < -0.39 is 0 Å². The highest BCUT2D eigenvalue weighted by Gasteiger charge is 2.22. The van der Waals surface area contributed by atoms with E-state index in [0.717, 1.165) is 51.8 Å². The molecule has 0 bridgehead atoms. The van der Waals surface area contributed by atoms with E-state index >= 15 is 0 Å². The standard InChI is InChI=1S/C21H17NO2/c1-24-18-7-8-19-15(13-18)5-6-17(21(19)23)12-14-4-9-20-16(11-14)3-2-10-22-20/h2-4,7-13H,5-6H2,1H3/b17-12+. The molecule has 1 aliphatic carbocycles. The predicted molar refractivity (Wildman–Crippen MR) is 95.4 cm³/mol. The van der Waals surface area contributed by atoms with Crippen LogP contribution in [0.5, 0.6) is 5.75 Å². The smallest absolute Gasteiger partial charge is 0.189 e. The Morgan fingerprint density at radius 1 is 1.08 bits per heavy atom. The molecule has 3 heteroatoms. The molecule has 0 saturated heterocycles. The van der Waals surface area contributed by atoms with Crippen LogP contribution in [0.4, 0.5) is 0 Å². The number of rotatable bonds is 2. The normalized spacial score (nSPS) is 15.5. The SMILES string of the molecule is COc1ccc2c(c1)CC/C(=C\c1ccc3ncccc3c1)C2=O. The Hall–Kier alpha value is -2.94. The maximum absolute atomic E-state index is 12.8. The molecule has 0 fully saturated rings. The molecule has 1 aliphatic rings. The molecule has 0 spiro atoms. The number of carbonyl (C=O) groups excluding carboxylic acids is 1. The summed E-state index contributed by atoms with van der Waals surface area (Å²) in [6.45, 7) is 0. The van der Waals surface area contributed by atoms with Crippen molar-refractivity contribution in [2.45, 2.75) is 12.8 Å². The Morgan fingerprint density at radius 2 is 2.00 bits per heavy atom. The summed E-state index contributed by atoms with van der Waals surface area (Å²) in [4.78, 5) is 17.1. The zero-order valence-electron chi connectivity index (χ0n) is 13.5. The summed E-state index contributed by atoms with van der Waals surface area (Å²) in [5, 5.41) is 1.08. The molecule has 0 unspecified atom stereocenters. The third-order valence-corrected chi connectivity index (χ3v) is 4.48. The second-order valence-electron chi connectivity index (χ2n) is 5.98. The summed E-state index contributed by atoms with van der Waals surface area (Å²) in [6.07, 6.45) is 5.40. The minimum absolute atomic E-state index is 0.116. The molecule has 1 heterocycles. The van der Waals surface area contributed by atoms with Gasteiger partial charge in [-0.3, -0.25) is 9.78 Å². The minimum Gasteiger partial charge on any atom is -0.497 e. The first kappa shape index (κ1) is 14.6. The molecule has 0 radical (unpaired) electrons. The number of nitrogens with zero attached hydrogens (tertiary/aromatic N) is 1. The van der Waals surface area contributed by atoms with Gasteiger partial charge in [0.25, 0.3) is 0 Å². The average molecular weight is 315 g/mol. The minimum atomic E-state index is 0.116. The highest BCUT2D eigenvalue weighted by molar-refractivity contribution is 6.13. The number of hydrogen-bond acceptors (Lipinski definition) is 3. The molecule has 0 saturated carbocycles. The molecular weight excluding hydrogens is 298 g/mol. The Bertz CT molecular complexity index is 972. The highest BCUT2D eigenvalue weighted by atomic mass is 16.5. The van der Waals surface area contributed by atoms with Crippen LogP contribution in [0.25, 0.3) is 17.0 Å². The number of carbonyl (C=O) groups is 1. The quantitative estimate of drug-likeness (QED) is 0.656. The summed E-state index contributed by atoms with van der Waals surface area (Å²) in [5.74, 6) is 0.918. The Balaban J connectivity index is 1.70. The van der Waals surface area contributed by atoms with Crippen molar-refractivity contribution in [1.29, 1.82) is 0 Å². The maximum Gasteiger partial charge on any atom is 0.189 e. The topological polar surface area (TPSA) is 39.2 Å². The first-order valence-electron chi connectivity index (χ1n) is 8.01. The fourth-order valence-corrected chi connectivity index (χ4v) is 3.20. The Morgan fingerprint density at radius 3 is 2.88 bits per heavy atom. The summed E-state index contributed by atoms with van der Waals surface area (Å²) in [7, 11) is 1.65. The van der Waals surface area contributed by atoms with Gasteiger partial charge >= 0.3 is 0 Å². The van der Waals surface area contributed by atoms with Crippen LogP contribution in [0, 0.1) is 0 Å². The van der Waals surface area contributed by atoms with Crippen LogP contribution >= 0.6 is 0 Å². The number of methoxy groups -OCH3 is 1. The number of aromatic nitrogens is 1. The molecule has 0 aliphatic heterocycles. The first-order valence-corrected chi connectivity index (χ1v) is 8.01. The van der Waals surface area contributed by atoms with Gasteiger partial charge in [0.2, 0.25) is 0 Å². The van der Waals surface area contributed by atoms with E-state index in [2.05, 4.69) is 11.1 Å². The summed E-state index contributed by atoms with van der Waals surface area (Å²) < 4.78 is 5.25. The van der Waals surface area contributed by atoms with Crippen molar-refractivity contribution < 1.29 is 9.53 Å². The van der Waals surface area contributed by atoms with Crippen molar-refractivity contribution in [2.75, 3.05) is 7.11 Å². The second-order valence-corrected chi connectivity index (χ2v) is 5.98. The number of benzene rings is 2. The van der Waals surface area contributed by atoms with Crippen molar-refractivity contribution in [3.05, 3.63) is 77.0 Å². The zero-order valence-corrected chi connectivity index (χ0v) is 13.5. The van der Waals surface area contributed by atoms with Gasteiger partial charge in [0, 0.05) is 22.7 Å². The monoisotopic (exact) mass is 315 g/mol. The molecule has 0 N–H and O–H groups in total. The van der Waals surface area contributed by atoms with Gasteiger partial charge in [0.15, 0.2) is 5.78 Å². The molecule has 0 atom stereocenters. The Kier molecular flexibility index (Phi) is 3.62. The van der Waals surface area contributed by atoms with Crippen molar-refractivity contribution in [3.63, 3.8) is 0 Å². The maximum atomic E-state index is 12.8. The van der Waals surface area contributed by atoms with Crippen LogP contribution in [-0.2, 0) is 6.42 Å². The van der Waals surface area contributed by atoms with Gasteiger partial charge in [-0.25, -0.2) is 0 Å². The lowest BCUT2D eigenvalue weighted by atomic mass is 9.86. The van der Waals surface area contributed by atoms with Gasteiger partial charge in [-0.2, -0.15) is 0 Å². The van der Waals surface area contributed by atoms with E-state index in [1.165, 1.54) is 0 Å². The number of ether oxygens (including phenoxy) is 1. The van der Waals surface area contributed by atoms with Crippen LogP contribution in [0.2, 0.25) is 0 Å². The number of aryl methyl sites for hydroxylation is 1. The van der Waals surface area contributed by atoms with E-state index in [0.29, 0.717) is 0 Å². The van der Waals surface area contributed by atoms with Gasteiger partial charge in [0.1, 0.15) is 5.75 Å². The van der Waals surface area contributed by atoms with Crippen molar-refractivity contribution in [1.82, 2.24) is 4.98 Å². The van der Waals surface area contributed by atoms with Gasteiger partial charge in [-0.15, -0.1) is 0 Å². The molecule has 2 aromatic carbocycles. The van der Waals surface area contributed by atoms with Crippen molar-refractivity contribution in [3.8, 4) is 5.75 Å². The zero-order chi connectivity index (χ0) is 16.5. The largest absolute Gasteiger partial charge is 0.497 e. The number of Topliss-reactive ketones (excluding diaryl/α,β-unsaturated/α-hetero) is 1. The summed E-state index contributed by atoms with van der Waals surface area (Å²) >= 11 is 0. The lowest BCUT2D eigenvalue weighted by Crippen LogP contribution is -2.14. The number of hydrogen-bond donors (Lipinski definition) is 0.